The van der Waals surface area contributed by atoms with Gasteiger partial charge >= 0.3 is 0 Å². The van der Waals surface area contributed by atoms with E-state index >= 15 is 0 Å². The second-order valence-electron chi connectivity index (χ2n) is 7.18. The molecule has 0 spiro atoms. The van der Waals surface area contributed by atoms with Crippen molar-refractivity contribution in [3.8, 4) is 5.75 Å². The average molecular weight is 353 g/mol. The Bertz CT molecular complexity index is 511. The lowest BCUT2D eigenvalue weighted by Crippen LogP contribution is -2.49. The van der Waals surface area contributed by atoms with E-state index in [1.807, 2.05) is 37.3 Å². The molecule has 0 aromatic heterocycles. The van der Waals surface area contributed by atoms with Crippen molar-refractivity contribution in [3.05, 3.63) is 30.3 Å². The van der Waals surface area contributed by atoms with Gasteiger partial charge in [0.15, 0.2) is 0 Å². The van der Waals surface area contributed by atoms with Crippen LogP contribution in [0.15, 0.2) is 30.3 Å². The number of nitrogens with one attached hydrogen (secondary N) is 1. The SMILES string of the molecule is CC(CNC(=O)C1CC2CCCC(C1)C2N)Oc1ccccc1.Cl. The Labute approximate surface area is 150 Å². The first-order chi connectivity index (χ1) is 11.1. The molecule has 2 fully saturated rings. The molecule has 134 valence electrons. The number of carbonyl (C=O) groups is 1. The molecule has 1 aromatic rings. The van der Waals surface area contributed by atoms with Crippen molar-refractivity contribution in [1.29, 1.82) is 0 Å². The van der Waals surface area contributed by atoms with Gasteiger partial charge in [0.05, 0.1) is 6.54 Å². The fourth-order valence-corrected chi connectivity index (χ4v) is 4.16. The minimum Gasteiger partial charge on any atom is -0.489 e. The molecule has 2 aliphatic carbocycles. The molecule has 5 heteroatoms. The fourth-order valence-electron chi connectivity index (χ4n) is 4.16. The van der Waals surface area contributed by atoms with Gasteiger partial charge in [-0.05, 0) is 56.6 Å². The number of fused-ring (bicyclic) bond motifs is 2. The Hall–Kier alpha value is -1.26. The fraction of sp³-hybridized carbons (Fsp3) is 0.632. The summed E-state index contributed by atoms with van der Waals surface area (Å²) in [7, 11) is 0. The maximum atomic E-state index is 12.5. The number of para-hydroxylation sites is 1. The van der Waals surface area contributed by atoms with Crippen LogP contribution in [0.25, 0.3) is 0 Å². The zero-order valence-corrected chi connectivity index (χ0v) is 15.1. The molecule has 3 unspecified atom stereocenters. The van der Waals surface area contributed by atoms with Gasteiger partial charge in [-0.3, -0.25) is 4.79 Å². The van der Waals surface area contributed by atoms with Gasteiger partial charge in [0.25, 0.3) is 0 Å². The van der Waals surface area contributed by atoms with Crippen molar-refractivity contribution < 1.29 is 9.53 Å². The molecule has 0 radical (unpaired) electrons. The predicted octanol–water partition coefficient (Wildman–Crippen LogP) is 3.15. The number of rotatable bonds is 5. The van der Waals surface area contributed by atoms with Gasteiger partial charge in [-0.15, -0.1) is 12.4 Å². The van der Waals surface area contributed by atoms with E-state index in [4.69, 9.17) is 10.5 Å². The summed E-state index contributed by atoms with van der Waals surface area (Å²) >= 11 is 0. The van der Waals surface area contributed by atoms with Gasteiger partial charge < -0.3 is 15.8 Å². The first kappa shape index (κ1) is 19.1. The largest absolute Gasteiger partial charge is 0.489 e. The monoisotopic (exact) mass is 352 g/mol. The molecule has 3 rings (SSSR count). The van der Waals surface area contributed by atoms with Crippen LogP contribution in [-0.4, -0.2) is 24.6 Å². The highest BCUT2D eigenvalue weighted by Crippen LogP contribution is 2.41. The Kier molecular flexibility index (Phi) is 6.93. The predicted molar refractivity (Wildman–Crippen MR) is 98.3 cm³/mol. The number of hydrogen-bond acceptors (Lipinski definition) is 3. The van der Waals surface area contributed by atoms with Crippen molar-refractivity contribution in [3.63, 3.8) is 0 Å². The third-order valence-corrected chi connectivity index (χ3v) is 5.43. The maximum Gasteiger partial charge on any atom is 0.223 e. The molecule has 0 heterocycles. The van der Waals surface area contributed by atoms with E-state index in [9.17, 15) is 4.79 Å². The van der Waals surface area contributed by atoms with Gasteiger partial charge in [-0.2, -0.15) is 0 Å². The zero-order chi connectivity index (χ0) is 16.2. The van der Waals surface area contributed by atoms with Crippen LogP contribution in [0.2, 0.25) is 0 Å². The van der Waals surface area contributed by atoms with E-state index in [0.29, 0.717) is 24.4 Å². The van der Waals surface area contributed by atoms with Crippen LogP contribution in [0.4, 0.5) is 0 Å². The Morgan fingerprint density at radius 1 is 1.25 bits per heavy atom. The van der Waals surface area contributed by atoms with Gasteiger partial charge in [-0.25, -0.2) is 0 Å². The topological polar surface area (TPSA) is 64.4 Å². The third-order valence-electron chi connectivity index (χ3n) is 5.43. The van der Waals surface area contributed by atoms with Crippen LogP contribution in [0.3, 0.4) is 0 Å². The number of benzene rings is 1. The van der Waals surface area contributed by atoms with Crippen molar-refractivity contribution in [1.82, 2.24) is 5.32 Å². The highest BCUT2D eigenvalue weighted by atomic mass is 35.5. The van der Waals surface area contributed by atoms with Gasteiger partial charge in [0.2, 0.25) is 5.91 Å². The van der Waals surface area contributed by atoms with E-state index in [1.165, 1.54) is 19.3 Å². The van der Waals surface area contributed by atoms with Crippen LogP contribution >= 0.6 is 12.4 Å². The molecule has 3 atom stereocenters. The van der Waals surface area contributed by atoms with Crippen molar-refractivity contribution in [2.45, 2.75) is 51.2 Å². The standard InChI is InChI=1S/C19H28N2O2.ClH/c1-13(23-17-8-3-2-4-9-17)12-21-19(22)16-10-14-6-5-7-15(11-16)18(14)20;/h2-4,8-9,13-16,18H,5-7,10-12,20H2,1H3,(H,21,22);1H. The molecule has 2 aliphatic rings. The summed E-state index contributed by atoms with van der Waals surface area (Å²) in [6, 6.07) is 10.0. The number of hydrogen-bond donors (Lipinski definition) is 2. The van der Waals surface area contributed by atoms with Gasteiger partial charge in [0, 0.05) is 12.0 Å². The van der Waals surface area contributed by atoms with E-state index < -0.39 is 0 Å². The van der Waals surface area contributed by atoms with Crippen LogP contribution in [0.5, 0.6) is 5.75 Å². The molecule has 0 saturated heterocycles. The zero-order valence-electron chi connectivity index (χ0n) is 14.3. The summed E-state index contributed by atoms with van der Waals surface area (Å²) in [5.41, 5.74) is 6.30. The van der Waals surface area contributed by atoms with Crippen molar-refractivity contribution >= 4 is 18.3 Å². The van der Waals surface area contributed by atoms with E-state index in [2.05, 4.69) is 5.32 Å². The number of ether oxygens (including phenoxy) is 1. The minimum atomic E-state index is -0.0355. The quantitative estimate of drug-likeness (QED) is 0.855. The summed E-state index contributed by atoms with van der Waals surface area (Å²) in [4.78, 5) is 12.5. The minimum absolute atomic E-state index is 0. The van der Waals surface area contributed by atoms with Crippen LogP contribution in [0.1, 0.15) is 39.0 Å². The van der Waals surface area contributed by atoms with Crippen LogP contribution < -0.4 is 15.8 Å². The molecular formula is C19H29ClN2O2. The molecule has 0 aliphatic heterocycles. The smallest absolute Gasteiger partial charge is 0.223 e. The summed E-state index contributed by atoms with van der Waals surface area (Å²) in [5.74, 6) is 2.23. The molecule has 3 N–H and O–H groups in total. The molecule has 24 heavy (non-hydrogen) atoms. The van der Waals surface area contributed by atoms with Crippen molar-refractivity contribution in [2.75, 3.05) is 6.54 Å². The normalized spacial score (nSPS) is 29.9. The van der Waals surface area contributed by atoms with Gasteiger partial charge in [0.1, 0.15) is 11.9 Å². The summed E-state index contributed by atoms with van der Waals surface area (Å²) in [5, 5.41) is 3.07. The van der Waals surface area contributed by atoms with Crippen molar-refractivity contribution in [2.24, 2.45) is 23.5 Å². The average Bonchev–Trinajstić information content (AvgIpc) is 2.53. The lowest BCUT2D eigenvalue weighted by Gasteiger charge is -2.43. The lowest BCUT2D eigenvalue weighted by atomic mass is 9.65. The Morgan fingerprint density at radius 3 is 2.50 bits per heavy atom. The molecule has 2 bridgehead atoms. The van der Waals surface area contributed by atoms with E-state index in [-0.39, 0.29) is 30.3 Å². The second-order valence-corrected chi connectivity index (χ2v) is 7.18. The van der Waals surface area contributed by atoms with E-state index in [0.717, 1.165) is 18.6 Å². The highest BCUT2D eigenvalue weighted by molar-refractivity contribution is 5.85. The highest BCUT2D eigenvalue weighted by Gasteiger charge is 2.40. The molecular weight excluding hydrogens is 324 g/mol. The number of nitrogens with two attached hydrogens (primary N) is 1. The Balaban J connectivity index is 0.00000208. The maximum absolute atomic E-state index is 12.5. The molecule has 2 saturated carbocycles. The van der Waals surface area contributed by atoms with Crippen LogP contribution in [0, 0.1) is 17.8 Å². The van der Waals surface area contributed by atoms with E-state index in [1.54, 1.807) is 0 Å². The number of halogens is 1. The third kappa shape index (κ3) is 4.64. The first-order valence-electron chi connectivity index (χ1n) is 8.88. The van der Waals surface area contributed by atoms with Crippen LogP contribution in [-0.2, 0) is 4.79 Å². The summed E-state index contributed by atoms with van der Waals surface area (Å²) in [6.45, 7) is 2.53. The van der Waals surface area contributed by atoms with Gasteiger partial charge in [-0.1, -0.05) is 24.6 Å². The number of carbonyl (C=O) groups excluding carboxylic acids is 1. The second kappa shape index (κ2) is 8.72. The molecule has 4 nitrogen and oxygen atoms in total. The lowest BCUT2D eigenvalue weighted by molar-refractivity contribution is -0.128. The molecule has 1 aromatic carbocycles. The summed E-state index contributed by atoms with van der Waals surface area (Å²) in [6.07, 6.45) is 5.53. The summed E-state index contributed by atoms with van der Waals surface area (Å²) < 4.78 is 5.81. The first-order valence-corrected chi connectivity index (χ1v) is 8.88. The Morgan fingerprint density at radius 2 is 1.88 bits per heavy atom. The number of amides is 1. The molecule has 1 amide bonds.